The fourth-order valence-electron chi connectivity index (χ4n) is 2.78. The van der Waals surface area contributed by atoms with Crippen molar-refractivity contribution in [3.63, 3.8) is 0 Å². The van der Waals surface area contributed by atoms with Crippen LogP contribution >= 0.6 is 12.4 Å². The molecule has 0 radical (unpaired) electrons. The van der Waals surface area contributed by atoms with E-state index in [4.69, 9.17) is 5.73 Å². The lowest BCUT2D eigenvalue weighted by atomic mass is 10.1. The van der Waals surface area contributed by atoms with Crippen LogP contribution in [0.25, 0.3) is 16.8 Å². The van der Waals surface area contributed by atoms with E-state index in [1.165, 1.54) is 23.0 Å². The number of nitrogens with two attached hydrogens (primary N) is 1. The molecule has 0 bridgehead atoms. The Morgan fingerprint density at radius 1 is 1.06 bits per heavy atom. The molecule has 168 valence electrons. The molecule has 4 rings (SSSR count). The smallest absolute Gasteiger partial charge is 0.406 e. The fraction of sp³-hybridized carbons (Fsp3) is 0.0556. The molecule has 3 heterocycles. The minimum absolute atomic E-state index is 0. The Balaban J connectivity index is 0.00000289. The summed E-state index contributed by atoms with van der Waals surface area (Å²) in [5.74, 6) is -0.545. The van der Waals surface area contributed by atoms with Gasteiger partial charge in [0.1, 0.15) is 5.75 Å². The predicted octanol–water partition coefficient (Wildman–Crippen LogP) is 3.49. The Bertz CT molecular complexity index is 1380. The van der Waals surface area contributed by atoms with Gasteiger partial charge in [0, 0.05) is 29.6 Å². The van der Waals surface area contributed by atoms with Gasteiger partial charge in [0.15, 0.2) is 5.65 Å². The normalized spacial score (nSPS) is 11.7. The van der Waals surface area contributed by atoms with Crippen LogP contribution in [0.4, 0.5) is 24.8 Å². The van der Waals surface area contributed by atoms with Crippen LogP contribution in [0.2, 0.25) is 0 Å². The molecule has 0 saturated carbocycles. The van der Waals surface area contributed by atoms with Crippen LogP contribution in [0.15, 0.2) is 66.0 Å². The van der Waals surface area contributed by atoms with E-state index in [1.54, 1.807) is 18.3 Å². The third-order valence-electron chi connectivity index (χ3n) is 4.02. The second-order valence-electron chi connectivity index (χ2n) is 6.28. The monoisotopic (exact) mass is 486 g/mol. The second-order valence-corrected chi connectivity index (χ2v) is 7.96. The summed E-state index contributed by atoms with van der Waals surface area (Å²) in [5.41, 5.74) is 7.43. The van der Waals surface area contributed by atoms with E-state index in [0.717, 1.165) is 24.3 Å². The summed E-state index contributed by atoms with van der Waals surface area (Å²) >= 11 is 0. The molecule has 32 heavy (non-hydrogen) atoms. The lowest BCUT2D eigenvalue weighted by Crippen LogP contribution is -2.18. The van der Waals surface area contributed by atoms with Gasteiger partial charge in [0.2, 0.25) is 5.95 Å². The maximum Gasteiger partial charge on any atom is 0.573 e. The van der Waals surface area contributed by atoms with Crippen LogP contribution in [0, 0.1) is 0 Å². The quantitative estimate of drug-likeness (QED) is 0.442. The van der Waals surface area contributed by atoms with Crippen molar-refractivity contribution in [2.45, 2.75) is 11.3 Å². The first-order valence-corrected chi connectivity index (χ1v) is 10.0. The number of halogens is 4. The molecule has 0 amide bonds. The van der Waals surface area contributed by atoms with Crippen LogP contribution in [-0.2, 0) is 10.0 Å². The van der Waals surface area contributed by atoms with Gasteiger partial charge < -0.3 is 10.5 Å². The molecule has 0 fully saturated rings. The van der Waals surface area contributed by atoms with E-state index in [-0.39, 0.29) is 24.0 Å². The highest BCUT2D eigenvalue weighted by molar-refractivity contribution is 7.92. The van der Waals surface area contributed by atoms with Gasteiger partial charge in [-0.1, -0.05) is 6.07 Å². The highest BCUT2D eigenvalue weighted by atomic mass is 35.5. The maximum atomic E-state index is 12.6. The molecule has 4 aromatic rings. The van der Waals surface area contributed by atoms with Gasteiger partial charge in [0.05, 0.1) is 16.8 Å². The first kappa shape index (κ1) is 23.1. The van der Waals surface area contributed by atoms with Crippen LogP contribution < -0.4 is 15.2 Å². The Kier molecular flexibility index (Phi) is 6.14. The zero-order valence-corrected chi connectivity index (χ0v) is 17.4. The highest BCUT2D eigenvalue weighted by Crippen LogP contribution is 2.27. The first-order valence-electron chi connectivity index (χ1n) is 8.55. The first-order chi connectivity index (χ1) is 14.6. The van der Waals surface area contributed by atoms with E-state index < -0.39 is 27.0 Å². The van der Waals surface area contributed by atoms with Gasteiger partial charge in [0.25, 0.3) is 10.0 Å². The van der Waals surface area contributed by atoms with Gasteiger partial charge in [-0.05, 0) is 30.3 Å². The van der Waals surface area contributed by atoms with Crippen molar-refractivity contribution in [3.05, 3.63) is 61.1 Å². The number of ether oxygens (including phenoxy) is 1. The fourth-order valence-corrected chi connectivity index (χ4v) is 3.85. The Morgan fingerprint density at radius 2 is 1.84 bits per heavy atom. The number of nitrogens with zero attached hydrogens (tertiary/aromatic N) is 4. The van der Waals surface area contributed by atoms with Crippen LogP contribution in [0.5, 0.6) is 5.75 Å². The molecule has 3 aromatic heterocycles. The molecule has 9 nitrogen and oxygen atoms in total. The van der Waals surface area contributed by atoms with Gasteiger partial charge in [-0.15, -0.1) is 30.7 Å². The zero-order valence-electron chi connectivity index (χ0n) is 15.8. The number of nitrogen functional groups attached to an aromatic ring is 1. The molecule has 0 saturated heterocycles. The number of aromatic nitrogens is 4. The molecule has 14 heteroatoms. The van der Waals surface area contributed by atoms with Crippen molar-refractivity contribution in [2.24, 2.45) is 0 Å². The number of hydrogen-bond donors (Lipinski definition) is 2. The SMILES string of the molecule is Cl.Nc1nc2ccc(-c3cncc(NS(=O)(=O)c4cccc(OC(F)(F)F)c4)c3)cn2n1. The van der Waals surface area contributed by atoms with E-state index in [0.29, 0.717) is 16.8 Å². The van der Waals surface area contributed by atoms with Crippen LogP contribution in [0.1, 0.15) is 0 Å². The average Bonchev–Trinajstić information content (AvgIpc) is 3.06. The second kappa shape index (κ2) is 8.51. The summed E-state index contributed by atoms with van der Waals surface area (Å²) in [6, 6.07) is 8.99. The number of benzene rings is 1. The van der Waals surface area contributed by atoms with Gasteiger partial charge in [-0.2, -0.15) is 4.98 Å². The van der Waals surface area contributed by atoms with E-state index in [9.17, 15) is 21.6 Å². The topological polar surface area (TPSA) is 124 Å². The Hall–Kier alpha value is -3.58. The summed E-state index contributed by atoms with van der Waals surface area (Å²) in [7, 11) is -4.20. The number of anilines is 2. The van der Waals surface area contributed by atoms with Gasteiger partial charge in [-0.3, -0.25) is 9.71 Å². The van der Waals surface area contributed by atoms with Crippen molar-refractivity contribution >= 4 is 39.7 Å². The molecular formula is C18H14ClF3N6O3S. The molecule has 0 aliphatic heterocycles. The third-order valence-corrected chi connectivity index (χ3v) is 5.40. The lowest BCUT2D eigenvalue weighted by molar-refractivity contribution is -0.274. The van der Waals surface area contributed by atoms with Crippen molar-refractivity contribution in [1.29, 1.82) is 0 Å². The molecule has 3 N–H and O–H groups in total. The number of sulfonamides is 1. The molecule has 0 aliphatic rings. The van der Waals surface area contributed by atoms with Crippen LogP contribution in [-0.4, -0.2) is 34.4 Å². The number of hydrogen-bond acceptors (Lipinski definition) is 7. The molecule has 1 aromatic carbocycles. The maximum absolute atomic E-state index is 12.6. The molecule has 0 spiro atoms. The lowest BCUT2D eigenvalue weighted by Gasteiger charge is -2.12. The Labute approximate surface area is 185 Å². The highest BCUT2D eigenvalue weighted by Gasteiger charge is 2.31. The van der Waals surface area contributed by atoms with Gasteiger partial charge >= 0.3 is 6.36 Å². The van der Waals surface area contributed by atoms with Crippen molar-refractivity contribution in [2.75, 3.05) is 10.5 Å². The van der Waals surface area contributed by atoms with Gasteiger partial charge in [-0.25, -0.2) is 12.9 Å². The Morgan fingerprint density at radius 3 is 2.59 bits per heavy atom. The number of alkyl halides is 3. The van der Waals surface area contributed by atoms with E-state index >= 15 is 0 Å². The summed E-state index contributed by atoms with van der Waals surface area (Å²) < 4.78 is 70.0. The number of rotatable bonds is 5. The number of fused-ring (bicyclic) bond motifs is 1. The standard InChI is InChI=1S/C18H13F3N6O3S.ClH/c19-18(20,21)30-14-2-1-3-15(7-14)31(28,29)26-13-6-12(8-23-9-13)11-4-5-16-24-17(22)25-27(16)10-11;/h1-10,26H,(H2,22,25);1H. The van der Waals surface area contributed by atoms with Crippen molar-refractivity contribution in [3.8, 4) is 16.9 Å². The van der Waals surface area contributed by atoms with Crippen molar-refractivity contribution < 1.29 is 26.3 Å². The third kappa shape index (κ3) is 5.18. The largest absolute Gasteiger partial charge is 0.573 e. The summed E-state index contributed by atoms with van der Waals surface area (Å²) in [6.07, 6.45) is -0.518. The number of nitrogens with one attached hydrogen (secondary N) is 1. The molecular weight excluding hydrogens is 473 g/mol. The number of pyridine rings is 2. The summed E-state index contributed by atoms with van der Waals surface area (Å²) in [5, 5.41) is 4.01. The summed E-state index contributed by atoms with van der Waals surface area (Å²) in [6.45, 7) is 0. The summed E-state index contributed by atoms with van der Waals surface area (Å²) in [4.78, 5) is 7.63. The molecule has 0 atom stereocenters. The van der Waals surface area contributed by atoms with E-state index in [2.05, 4.69) is 24.5 Å². The minimum atomic E-state index is -4.94. The van der Waals surface area contributed by atoms with Crippen molar-refractivity contribution in [1.82, 2.24) is 19.6 Å². The molecule has 0 unspecified atom stereocenters. The van der Waals surface area contributed by atoms with E-state index in [1.807, 2.05) is 0 Å². The molecule has 0 aliphatic carbocycles. The average molecular weight is 487 g/mol. The van der Waals surface area contributed by atoms with Crippen LogP contribution in [0.3, 0.4) is 0 Å². The minimum Gasteiger partial charge on any atom is -0.406 e. The zero-order chi connectivity index (χ0) is 22.2. The predicted molar refractivity (Wildman–Crippen MR) is 112 cm³/mol.